The van der Waals surface area contributed by atoms with Crippen LogP contribution in [0, 0.1) is 6.92 Å². The molecule has 1 heterocycles. The van der Waals surface area contributed by atoms with Gasteiger partial charge in [0.05, 0.1) is 5.56 Å². The molecular formula is C20H22N2O3. The van der Waals surface area contributed by atoms with E-state index in [0.717, 1.165) is 37.4 Å². The number of anilines is 1. The van der Waals surface area contributed by atoms with Crippen molar-refractivity contribution in [3.05, 3.63) is 59.7 Å². The molecule has 0 atom stereocenters. The summed E-state index contributed by atoms with van der Waals surface area (Å²) in [7, 11) is 0. The maximum absolute atomic E-state index is 12.2. The number of benzene rings is 2. The fraction of sp³-hybridized carbons (Fsp3) is 0.300. The number of esters is 1. The van der Waals surface area contributed by atoms with E-state index in [1.165, 1.54) is 0 Å². The van der Waals surface area contributed by atoms with Crippen molar-refractivity contribution < 1.29 is 14.3 Å². The van der Waals surface area contributed by atoms with Crippen LogP contribution in [0.4, 0.5) is 5.69 Å². The summed E-state index contributed by atoms with van der Waals surface area (Å²) in [4.78, 5) is 27.7. The lowest BCUT2D eigenvalue weighted by atomic mass is 10.1. The minimum absolute atomic E-state index is 0.123. The van der Waals surface area contributed by atoms with E-state index in [9.17, 15) is 9.59 Å². The van der Waals surface area contributed by atoms with Crippen LogP contribution in [0.3, 0.4) is 0 Å². The number of hydrogen-bond donors (Lipinski definition) is 0. The van der Waals surface area contributed by atoms with Gasteiger partial charge in [-0.2, -0.15) is 0 Å². The normalized spacial score (nSPS) is 14.3. The smallest absolute Gasteiger partial charge is 0.343 e. The minimum atomic E-state index is -0.355. The Hall–Kier alpha value is -2.82. The molecule has 2 aromatic rings. The van der Waals surface area contributed by atoms with Gasteiger partial charge in [-0.05, 0) is 43.3 Å². The molecule has 25 heavy (non-hydrogen) atoms. The first-order chi connectivity index (χ1) is 12.0. The Kier molecular flexibility index (Phi) is 5.03. The first-order valence-corrected chi connectivity index (χ1v) is 8.42. The fourth-order valence-corrected chi connectivity index (χ4v) is 2.94. The van der Waals surface area contributed by atoms with E-state index in [1.54, 1.807) is 25.1 Å². The van der Waals surface area contributed by atoms with E-state index in [4.69, 9.17) is 4.74 Å². The maximum Gasteiger partial charge on any atom is 0.343 e. The van der Waals surface area contributed by atoms with E-state index in [0.29, 0.717) is 11.3 Å². The summed E-state index contributed by atoms with van der Waals surface area (Å²) in [5, 5.41) is 0. The average molecular weight is 338 g/mol. The van der Waals surface area contributed by atoms with Gasteiger partial charge < -0.3 is 14.5 Å². The van der Waals surface area contributed by atoms with Gasteiger partial charge in [0.2, 0.25) is 5.91 Å². The van der Waals surface area contributed by atoms with Crippen LogP contribution in [0.5, 0.6) is 5.75 Å². The average Bonchev–Trinajstić information content (AvgIpc) is 2.62. The third-order valence-corrected chi connectivity index (χ3v) is 4.39. The van der Waals surface area contributed by atoms with E-state index < -0.39 is 0 Å². The van der Waals surface area contributed by atoms with Crippen molar-refractivity contribution in [2.75, 3.05) is 31.1 Å². The SMILES string of the molecule is CC(=O)N1CCN(c2ccc(OC(=O)c3cccc(C)c3)cc2)CC1. The van der Waals surface area contributed by atoms with E-state index in [2.05, 4.69) is 4.90 Å². The molecule has 0 aliphatic carbocycles. The summed E-state index contributed by atoms with van der Waals surface area (Å²) in [5.41, 5.74) is 2.64. The zero-order valence-electron chi connectivity index (χ0n) is 14.6. The topological polar surface area (TPSA) is 49.9 Å². The second-order valence-electron chi connectivity index (χ2n) is 6.25. The first kappa shape index (κ1) is 17.0. The van der Waals surface area contributed by atoms with Crippen LogP contribution in [0.25, 0.3) is 0 Å². The zero-order valence-corrected chi connectivity index (χ0v) is 14.6. The van der Waals surface area contributed by atoms with E-state index >= 15 is 0 Å². The molecule has 5 heteroatoms. The van der Waals surface area contributed by atoms with Gasteiger partial charge in [0.1, 0.15) is 5.75 Å². The van der Waals surface area contributed by atoms with Gasteiger partial charge in [0.25, 0.3) is 0 Å². The lowest BCUT2D eigenvalue weighted by Crippen LogP contribution is -2.48. The molecule has 0 N–H and O–H groups in total. The number of nitrogens with zero attached hydrogens (tertiary/aromatic N) is 2. The van der Waals surface area contributed by atoms with Gasteiger partial charge in [-0.3, -0.25) is 4.79 Å². The standard InChI is InChI=1S/C20H22N2O3/c1-15-4-3-5-17(14-15)20(24)25-19-8-6-18(7-9-19)22-12-10-21(11-13-22)16(2)23/h3-9,14H,10-13H2,1-2H3. The van der Waals surface area contributed by atoms with Crippen LogP contribution in [-0.2, 0) is 4.79 Å². The third-order valence-electron chi connectivity index (χ3n) is 4.39. The van der Waals surface area contributed by atoms with E-state index in [-0.39, 0.29) is 11.9 Å². The number of carbonyl (C=O) groups is 2. The Morgan fingerprint density at radius 3 is 2.24 bits per heavy atom. The Labute approximate surface area is 147 Å². The van der Waals surface area contributed by atoms with Crippen molar-refractivity contribution in [1.29, 1.82) is 0 Å². The Morgan fingerprint density at radius 1 is 0.960 bits per heavy atom. The summed E-state index contributed by atoms with van der Waals surface area (Å²) in [5.74, 6) is 0.294. The van der Waals surface area contributed by atoms with Gasteiger partial charge in [-0.1, -0.05) is 17.7 Å². The van der Waals surface area contributed by atoms with Gasteiger partial charge in [-0.25, -0.2) is 4.79 Å². The first-order valence-electron chi connectivity index (χ1n) is 8.42. The molecule has 0 saturated carbocycles. The van der Waals surface area contributed by atoms with E-state index in [1.807, 2.05) is 42.2 Å². The number of aryl methyl sites for hydroxylation is 1. The fourth-order valence-electron chi connectivity index (χ4n) is 2.94. The maximum atomic E-state index is 12.2. The minimum Gasteiger partial charge on any atom is -0.423 e. The van der Waals surface area contributed by atoms with Gasteiger partial charge in [0, 0.05) is 38.8 Å². The lowest BCUT2D eigenvalue weighted by Gasteiger charge is -2.35. The molecule has 3 rings (SSSR count). The molecule has 0 bridgehead atoms. The molecule has 1 amide bonds. The number of ether oxygens (including phenoxy) is 1. The van der Waals surface area contributed by atoms with Crippen LogP contribution in [0.15, 0.2) is 48.5 Å². The number of amides is 1. The molecule has 0 aromatic heterocycles. The number of carbonyl (C=O) groups excluding carboxylic acids is 2. The predicted octanol–water partition coefficient (Wildman–Crippen LogP) is 2.88. The second-order valence-corrected chi connectivity index (χ2v) is 6.25. The molecule has 0 radical (unpaired) electrons. The highest BCUT2D eigenvalue weighted by Crippen LogP contribution is 2.21. The highest BCUT2D eigenvalue weighted by Gasteiger charge is 2.18. The van der Waals surface area contributed by atoms with Gasteiger partial charge in [-0.15, -0.1) is 0 Å². The molecular weight excluding hydrogens is 316 g/mol. The third kappa shape index (κ3) is 4.18. The van der Waals surface area contributed by atoms with Crippen LogP contribution in [-0.4, -0.2) is 43.0 Å². The molecule has 5 nitrogen and oxygen atoms in total. The molecule has 0 unspecified atom stereocenters. The van der Waals surface area contributed by atoms with Crippen molar-refractivity contribution in [3.63, 3.8) is 0 Å². The largest absolute Gasteiger partial charge is 0.423 e. The van der Waals surface area contributed by atoms with Crippen LogP contribution < -0.4 is 9.64 Å². The number of piperazine rings is 1. The Balaban J connectivity index is 1.61. The molecule has 130 valence electrons. The summed E-state index contributed by atoms with van der Waals surface area (Å²) < 4.78 is 5.44. The van der Waals surface area contributed by atoms with Crippen molar-refractivity contribution >= 4 is 17.6 Å². The molecule has 1 saturated heterocycles. The van der Waals surface area contributed by atoms with Crippen molar-refractivity contribution in [3.8, 4) is 5.75 Å². The summed E-state index contributed by atoms with van der Waals surface area (Å²) in [6, 6.07) is 14.8. The van der Waals surface area contributed by atoms with Gasteiger partial charge >= 0.3 is 5.97 Å². The number of hydrogen-bond acceptors (Lipinski definition) is 4. The molecule has 1 aliphatic rings. The van der Waals surface area contributed by atoms with Crippen molar-refractivity contribution in [2.45, 2.75) is 13.8 Å². The second kappa shape index (κ2) is 7.38. The number of rotatable bonds is 3. The van der Waals surface area contributed by atoms with Gasteiger partial charge in [0.15, 0.2) is 0 Å². The zero-order chi connectivity index (χ0) is 17.8. The molecule has 1 fully saturated rings. The summed E-state index contributed by atoms with van der Waals surface area (Å²) in [6.45, 7) is 6.63. The summed E-state index contributed by atoms with van der Waals surface area (Å²) in [6.07, 6.45) is 0. The monoisotopic (exact) mass is 338 g/mol. The highest BCUT2D eigenvalue weighted by atomic mass is 16.5. The molecule has 2 aromatic carbocycles. The van der Waals surface area contributed by atoms with Crippen molar-refractivity contribution in [1.82, 2.24) is 4.90 Å². The Bertz CT molecular complexity index is 763. The molecule has 1 aliphatic heterocycles. The predicted molar refractivity (Wildman–Crippen MR) is 97.0 cm³/mol. The van der Waals surface area contributed by atoms with Crippen LogP contribution >= 0.6 is 0 Å². The quantitative estimate of drug-likeness (QED) is 0.638. The lowest BCUT2D eigenvalue weighted by molar-refractivity contribution is -0.129. The highest BCUT2D eigenvalue weighted by molar-refractivity contribution is 5.91. The molecule has 0 spiro atoms. The summed E-state index contributed by atoms with van der Waals surface area (Å²) >= 11 is 0. The Morgan fingerprint density at radius 2 is 1.64 bits per heavy atom. The van der Waals surface area contributed by atoms with Crippen LogP contribution in [0.1, 0.15) is 22.8 Å². The van der Waals surface area contributed by atoms with Crippen molar-refractivity contribution in [2.24, 2.45) is 0 Å². The van der Waals surface area contributed by atoms with Crippen LogP contribution in [0.2, 0.25) is 0 Å².